The van der Waals surface area contributed by atoms with Crippen molar-refractivity contribution in [3.05, 3.63) is 0 Å². The number of aliphatic hydroxyl groups excluding tert-OH is 1. The lowest BCUT2D eigenvalue weighted by Gasteiger charge is -2.27. The molecule has 0 spiro atoms. The Balaban J connectivity index is 2.25. The van der Waals surface area contributed by atoms with Gasteiger partial charge in [-0.1, -0.05) is 20.3 Å². The molecule has 1 fully saturated rings. The van der Waals surface area contributed by atoms with Gasteiger partial charge in [0.05, 0.1) is 0 Å². The van der Waals surface area contributed by atoms with Crippen molar-refractivity contribution < 1.29 is 9.90 Å². The Hall–Kier alpha value is -0.570. The molecule has 3 nitrogen and oxygen atoms in total. The predicted octanol–water partition coefficient (Wildman–Crippen LogP) is 1.84. The second-order valence-corrected chi connectivity index (χ2v) is 5.18. The second-order valence-electron chi connectivity index (χ2n) is 5.18. The van der Waals surface area contributed by atoms with Crippen LogP contribution < -0.4 is 5.32 Å². The van der Waals surface area contributed by atoms with Gasteiger partial charge in [0.25, 0.3) is 0 Å². The van der Waals surface area contributed by atoms with E-state index in [0.29, 0.717) is 12.5 Å². The first-order valence-corrected chi connectivity index (χ1v) is 5.96. The third kappa shape index (κ3) is 3.82. The maximum atomic E-state index is 11.6. The van der Waals surface area contributed by atoms with E-state index in [-0.39, 0.29) is 17.9 Å². The molecular formula is C12H23NO2. The molecule has 1 unspecified atom stereocenters. The summed E-state index contributed by atoms with van der Waals surface area (Å²) in [6.45, 7) is 4.62. The van der Waals surface area contributed by atoms with E-state index >= 15 is 0 Å². The van der Waals surface area contributed by atoms with Gasteiger partial charge in [0, 0.05) is 19.1 Å². The summed E-state index contributed by atoms with van der Waals surface area (Å²) >= 11 is 0. The fourth-order valence-electron chi connectivity index (χ4n) is 2.26. The molecule has 1 aliphatic rings. The predicted molar refractivity (Wildman–Crippen MR) is 60.5 cm³/mol. The van der Waals surface area contributed by atoms with E-state index in [1.54, 1.807) is 0 Å². The van der Waals surface area contributed by atoms with Crippen molar-refractivity contribution in [2.24, 2.45) is 5.41 Å². The van der Waals surface area contributed by atoms with Gasteiger partial charge in [-0.05, 0) is 31.1 Å². The molecule has 0 aromatic carbocycles. The number of carbonyl (C=O) groups is 1. The second kappa shape index (κ2) is 5.50. The summed E-state index contributed by atoms with van der Waals surface area (Å²) in [5, 5.41) is 11.7. The van der Waals surface area contributed by atoms with Crippen LogP contribution in [0, 0.1) is 5.41 Å². The summed E-state index contributed by atoms with van der Waals surface area (Å²) < 4.78 is 0. The van der Waals surface area contributed by atoms with Crippen molar-refractivity contribution in [1.29, 1.82) is 0 Å². The highest BCUT2D eigenvalue weighted by molar-refractivity contribution is 5.76. The normalized spacial score (nSPS) is 24.1. The van der Waals surface area contributed by atoms with Crippen LogP contribution in [-0.4, -0.2) is 23.7 Å². The number of hydrogen-bond acceptors (Lipinski definition) is 2. The molecule has 0 saturated heterocycles. The van der Waals surface area contributed by atoms with Crippen LogP contribution in [-0.2, 0) is 4.79 Å². The molecular weight excluding hydrogens is 190 g/mol. The van der Waals surface area contributed by atoms with Crippen molar-refractivity contribution in [2.75, 3.05) is 6.61 Å². The molecule has 3 heteroatoms. The Labute approximate surface area is 92.3 Å². The number of rotatable bonds is 5. The summed E-state index contributed by atoms with van der Waals surface area (Å²) in [7, 11) is 0. The standard InChI is InChI=1S/C12H23NO2/c1-12(2)8-5-6-10(12)13-11(15)7-3-4-9-14/h10,14H,3-9H2,1-2H3,(H,13,15). The summed E-state index contributed by atoms with van der Waals surface area (Å²) in [6, 6.07) is 0.346. The van der Waals surface area contributed by atoms with Crippen LogP contribution in [0.2, 0.25) is 0 Å². The zero-order chi connectivity index (χ0) is 11.3. The fourth-order valence-corrected chi connectivity index (χ4v) is 2.26. The summed E-state index contributed by atoms with van der Waals surface area (Å²) in [5.74, 6) is 0.142. The largest absolute Gasteiger partial charge is 0.396 e. The molecule has 0 radical (unpaired) electrons. The van der Waals surface area contributed by atoms with Crippen molar-refractivity contribution in [2.45, 2.75) is 58.4 Å². The van der Waals surface area contributed by atoms with E-state index < -0.39 is 0 Å². The van der Waals surface area contributed by atoms with Gasteiger partial charge >= 0.3 is 0 Å². The Morgan fingerprint density at radius 1 is 1.47 bits per heavy atom. The monoisotopic (exact) mass is 213 g/mol. The van der Waals surface area contributed by atoms with E-state index in [1.165, 1.54) is 12.8 Å². The first-order valence-electron chi connectivity index (χ1n) is 5.96. The maximum absolute atomic E-state index is 11.6. The number of carbonyl (C=O) groups excluding carboxylic acids is 1. The Morgan fingerprint density at radius 2 is 2.20 bits per heavy atom. The highest BCUT2D eigenvalue weighted by atomic mass is 16.2. The molecule has 1 aliphatic carbocycles. The minimum atomic E-state index is 0.142. The fraction of sp³-hybridized carbons (Fsp3) is 0.917. The highest BCUT2D eigenvalue weighted by Gasteiger charge is 2.34. The van der Waals surface area contributed by atoms with E-state index in [1.807, 2.05) is 0 Å². The molecule has 1 saturated carbocycles. The van der Waals surface area contributed by atoms with Gasteiger partial charge < -0.3 is 10.4 Å². The van der Waals surface area contributed by atoms with Crippen molar-refractivity contribution in [3.8, 4) is 0 Å². The summed E-state index contributed by atoms with van der Waals surface area (Å²) in [4.78, 5) is 11.6. The SMILES string of the molecule is CC1(C)CCCC1NC(=O)CCCCO. The average molecular weight is 213 g/mol. The maximum Gasteiger partial charge on any atom is 0.220 e. The third-order valence-electron chi connectivity index (χ3n) is 3.40. The van der Waals surface area contributed by atoms with E-state index in [2.05, 4.69) is 19.2 Å². The highest BCUT2D eigenvalue weighted by Crippen LogP contribution is 2.37. The number of aliphatic hydroxyl groups is 1. The van der Waals surface area contributed by atoms with E-state index in [4.69, 9.17) is 5.11 Å². The molecule has 2 N–H and O–H groups in total. The quantitative estimate of drug-likeness (QED) is 0.685. The molecule has 88 valence electrons. The van der Waals surface area contributed by atoms with Crippen LogP contribution in [0.15, 0.2) is 0 Å². The molecule has 0 bridgehead atoms. The van der Waals surface area contributed by atoms with Crippen LogP contribution in [0.5, 0.6) is 0 Å². The zero-order valence-corrected chi connectivity index (χ0v) is 9.88. The van der Waals surface area contributed by atoms with Gasteiger partial charge in [0.1, 0.15) is 0 Å². The summed E-state index contributed by atoms with van der Waals surface area (Å²) in [5.41, 5.74) is 0.257. The molecule has 1 atom stereocenters. The Bertz CT molecular complexity index is 214. The van der Waals surface area contributed by atoms with Crippen LogP contribution in [0.3, 0.4) is 0 Å². The number of hydrogen-bond donors (Lipinski definition) is 2. The molecule has 0 aliphatic heterocycles. The minimum absolute atomic E-state index is 0.142. The van der Waals surface area contributed by atoms with Gasteiger partial charge in [-0.15, -0.1) is 0 Å². The molecule has 0 aromatic rings. The number of amides is 1. The van der Waals surface area contributed by atoms with E-state index in [9.17, 15) is 4.79 Å². The molecule has 15 heavy (non-hydrogen) atoms. The lowest BCUT2D eigenvalue weighted by Crippen LogP contribution is -2.41. The van der Waals surface area contributed by atoms with Crippen LogP contribution in [0.1, 0.15) is 52.4 Å². The molecule has 1 amide bonds. The minimum Gasteiger partial charge on any atom is -0.396 e. The zero-order valence-electron chi connectivity index (χ0n) is 9.88. The Morgan fingerprint density at radius 3 is 2.73 bits per heavy atom. The smallest absolute Gasteiger partial charge is 0.220 e. The first kappa shape index (κ1) is 12.5. The van der Waals surface area contributed by atoms with Crippen LogP contribution in [0.25, 0.3) is 0 Å². The molecule has 0 heterocycles. The van der Waals surface area contributed by atoms with Crippen molar-refractivity contribution >= 4 is 5.91 Å². The van der Waals surface area contributed by atoms with E-state index in [0.717, 1.165) is 19.3 Å². The topological polar surface area (TPSA) is 49.3 Å². The van der Waals surface area contributed by atoms with Crippen LogP contribution >= 0.6 is 0 Å². The first-order chi connectivity index (χ1) is 7.06. The van der Waals surface area contributed by atoms with Gasteiger partial charge in [0.2, 0.25) is 5.91 Å². The lowest BCUT2D eigenvalue weighted by atomic mass is 9.87. The van der Waals surface area contributed by atoms with Crippen LogP contribution in [0.4, 0.5) is 0 Å². The van der Waals surface area contributed by atoms with Gasteiger partial charge in [-0.2, -0.15) is 0 Å². The van der Waals surface area contributed by atoms with Crippen molar-refractivity contribution in [3.63, 3.8) is 0 Å². The number of unbranched alkanes of at least 4 members (excludes halogenated alkanes) is 1. The molecule has 0 aromatic heterocycles. The molecule has 1 rings (SSSR count). The van der Waals surface area contributed by atoms with Gasteiger partial charge in [-0.3, -0.25) is 4.79 Å². The van der Waals surface area contributed by atoms with Crippen molar-refractivity contribution in [1.82, 2.24) is 5.32 Å². The van der Waals surface area contributed by atoms with Gasteiger partial charge in [0.15, 0.2) is 0 Å². The number of nitrogens with one attached hydrogen (secondary N) is 1. The lowest BCUT2D eigenvalue weighted by molar-refractivity contribution is -0.122. The summed E-state index contributed by atoms with van der Waals surface area (Å²) in [6.07, 6.45) is 5.59. The Kier molecular flexibility index (Phi) is 4.58. The average Bonchev–Trinajstić information content (AvgIpc) is 2.46. The third-order valence-corrected chi connectivity index (χ3v) is 3.40. The van der Waals surface area contributed by atoms with Gasteiger partial charge in [-0.25, -0.2) is 0 Å².